The second kappa shape index (κ2) is 7.01. The Bertz CT molecular complexity index is 793. The molecule has 1 N–H and O–H groups in total. The van der Waals surface area contributed by atoms with Crippen LogP contribution < -0.4 is 10.1 Å². The molecule has 0 atom stereocenters. The van der Waals surface area contributed by atoms with Gasteiger partial charge in [0.25, 0.3) is 0 Å². The molecule has 118 valence electrons. The van der Waals surface area contributed by atoms with E-state index >= 15 is 0 Å². The summed E-state index contributed by atoms with van der Waals surface area (Å²) in [4.78, 5) is 11.2. The van der Waals surface area contributed by atoms with Gasteiger partial charge in [-0.3, -0.25) is 4.79 Å². The Labute approximate surface area is 135 Å². The monoisotopic (exact) mass is 309 g/mol. The summed E-state index contributed by atoms with van der Waals surface area (Å²) in [6.45, 7) is 0.350. The van der Waals surface area contributed by atoms with Crippen molar-refractivity contribution >= 4 is 16.9 Å². The van der Waals surface area contributed by atoms with E-state index < -0.39 is 0 Å². The number of ether oxygens (including phenoxy) is 1. The molecule has 0 aliphatic carbocycles. The number of carbonyl (C=O) groups excluding carboxylic acids is 1. The fourth-order valence-electron chi connectivity index (χ4n) is 2.43. The van der Waals surface area contributed by atoms with E-state index in [-0.39, 0.29) is 5.91 Å². The van der Waals surface area contributed by atoms with Gasteiger partial charge in [0.2, 0.25) is 5.91 Å². The summed E-state index contributed by atoms with van der Waals surface area (Å²) in [6, 6.07) is 18.0. The van der Waals surface area contributed by atoms with Crippen molar-refractivity contribution in [3.8, 4) is 5.75 Å². The van der Waals surface area contributed by atoms with E-state index in [9.17, 15) is 4.79 Å². The van der Waals surface area contributed by atoms with E-state index in [2.05, 4.69) is 23.5 Å². The second-order valence-electron chi connectivity index (χ2n) is 5.35. The topological polar surface area (TPSA) is 51.5 Å². The van der Waals surface area contributed by atoms with Gasteiger partial charge in [0, 0.05) is 24.9 Å². The van der Waals surface area contributed by atoms with Crippen molar-refractivity contribution in [1.29, 1.82) is 0 Å². The molecule has 0 bridgehead atoms. The number of furan rings is 1. The third kappa shape index (κ3) is 3.92. The predicted octanol–water partition coefficient (Wildman–Crippen LogP) is 3.54. The minimum Gasteiger partial charge on any atom is -0.493 e. The first-order valence-corrected chi connectivity index (χ1v) is 7.64. The maximum atomic E-state index is 11.2. The van der Waals surface area contributed by atoms with Gasteiger partial charge < -0.3 is 14.5 Å². The van der Waals surface area contributed by atoms with Crippen molar-refractivity contribution in [1.82, 2.24) is 5.32 Å². The number of hydrogen-bond acceptors (Lipinski definition) is 3. The number of rotatable bonds is 6. The standard InChI is InChI=1S/C19H19NO3/c1-20-19(21)9-10-22-16-8-7-15-12-17(23-18(15)13-16)11-14-5-3-2-4-6-14/h2-8,12-13H,9-11H2,1H3,(H,20,21). The first kappa shape index (κ1) is 15.2. The Morgan fingerprint density at radius 3 is 2.74 bits per heavy atom. The lowest BCUT2D eigenvalue weighted by Gasteiger charge is -2.05. The molecule has 0 spiro atoms. The molecule has 0 saturated heterocycles. The number of fused-ring (bicyclic) bond motifs is 1. The fourth-order valence-corrected chi connectivity index (χ4v) is 2.43. The molecule has 1 amide bonds. The number of nitrogens with one attached hydrogen (secondary N) is 1. The Morgan fingerprint density at radius 1 is 1.13 bits per heavy atom. The first-order valence-electron chi connectivity index (χ1n) is 7.64. The molecule has 0 saturated carbocycles. The van der Waals surface area contributed by atoms with Crippen LogP contribution >= 0.6 is 0 Å². The summed E-state index contributed by atoms with van der Waals surface area (Å²) in [5, 5.41) is 3.62. The molecular formula is C19H19NO3. The minimum absolute atomic E-state index is 0.0331. The van der Waals surface area contributed by atoms with Gasteiger partial charge in [-0.1, -0.05) is 30.3 Å². The lowest BCUT2D eigenvalue weighted by molar-refractivity contribution is -0.121. The largest absolute Gasteiger partial charge is 0.493 e. The number of carbonyl (C=O) groups is 1. The van der Waals surface area contributed by atoms with Crippen LogP contribution in [0.3, 0.4) is 0 Å². The van der Waals surface area contributed by atoms with Gasteiger partial charge in [-0.2, -0.15) is 0 Å². The maximum absolute atomic E-state index is 11.2. The molecule has 23 heavy (non-hydrogen) atoms. The van der Waals surface area contributed by atoms with Crippen LogP contribution in [0.25, 0.3) is 11.0 Å². The summed E-state index contributed by atoms with van der Waals surface area (Å²) in [5.74, 6) is 1.60. The van der Waals surface area contributed by atoms with Gasteiger partial charge in [-0.15, -0.1) is 0 Å². The summed E-state index contributed by atoms with van der Waals surface area (Å²) >= 11 is 0. The van der Waals surface area contributed by atoms with E-state index in [1.165, 1.54) is 5.56 Å². The van der Waals surface area contributed by atoms with Gasteiger partial charge >= 0.3 is 0 Å². The molecule has 0 radical (unpaired) electrons. The van der Waals surface area contributed by atoms with Crippen LogP contribution in [0.15, 0.2) is 59.0 Å². The van der Waals surface area contributed by atoms with Crippen LogP contribution in [-0.2, 0) is 11.2 Å². The van der Waals surface area contributed by atoms with Crippen LogP contribution in [-0.4, -0.2) is 19.6 Å². The van der Waals surface area contributed by atoms with Crippen LogP contribution in [0.5, 0.6) is 5.75 Å². The third-order valence-electron chi connectivity index (χ3n) is 3.64. The number of hydrogen-bond donors (Lipinski definition) is 1. The highest BCUT2D eigenvalue weighted by molar-refractivity contribution is 5.79. The van der Waals surface area contributed by atoms with Gasteiger partial charge in [0.15, 0.2) is 0 Å². The molecule has 1 aromatic heterocycles. The maximum Gasteiger partial charge on any atom is 0.223 e. The van der Waals surface area contributed by atoms with Gasteiger partial charge in [0.05, 0.1) is 13.0 Å². The zero-order valence-electron chi connectivity index (χ0n) is 13.0. The smallest absolute Gasteiger partial charge is 0.223 e. The van der Waals surface area contributed by atoms with Gasteiger partial charge in [-0.05, 0) is 23.8 Å². The van der Waals surface area contributed by atoms with Crippen LogP contribution in [0.1, 0.15) is 17.7 Å². The van der Waals surface area contributed by atoms with E-state index in [1.807, 2.05) is 36.4 Å². The quantitative estimate of drug-likeness (QED) is 0.757. The zero-order chi connectivity index (χ0) is 16.1. The molecule has 0 aliphatic rings. The molecule has 4 heteroatoms. The van der Waals surface area contributed by atoms with Crippen LogP contribution in [0.4, 0.5) is 0 Å². The summed E-state index contributed by atoms with van der Waals surface area (Å²) in [6.07, 6.45) is 1.11. The molecule has 3 aromatic rings. The normalized spacial score (nSPS) is 10.7. The molecule has 0 fully saturated rings. The number of benzene rings is 2. The van der Waals surface area contributed by atoms with Crippen molar-refractivity contribution in [3.05, 3.63) is 65.9 Å². The first-order chi connectivity index (χ1) is 11.2. The van der Waals surface area contributed by atoms with Crippen LogP contribution in [0, 0.1) is 0 Å². The summed E-state index contributed by atoms with van der Waals surface area (Å²) < 4.78 is 11.5. The van der Waals surface area contributed by atoms with Crippen LogP contribution in [0.2, 0.25) is 0 Å². The average Bonchev–Trinajstić information content (AvgIpc) is 2.97. The average molecular weight is 309 g/mol. The highest BCUT2D eigenvalue weighted by atomic mass is 16.5. The van der Waals surface area contributed by atoms with Crippen molar-refractivity contribution in [2.75, 3.05) is 13.7 Å². The van der Waals surface area contributed by atoms with Gasteiger partial charge in [-0.25, -0.2) is 0 Å². The third-order valence-corrected chi connectivity index (χ3v) is 3.64. The Balaban J connectivity index is 1.69. The summed E-state index contributed by atoms with van der Waals surface area (Å²) in [5.41, 5.74) is 2.02. The van der Waals surface area contributed by atoms with Crippen molar-refractivity contribution < 1.29 is 13.9 Å². The SMILES string of the molecule is CNC(=O)CCOc1ccc2cc(Cc3ccccc3)oc2c1. The summed E-state index contributed by atoms with van der Waals surface area (Å²) in [7, 11) is 1.62. The molecular weight excluding hydrogens is 290 g/mol. The number of amides is 1. The zero-order valence-corrected chi connectivity index (χ0v) is 13.0. The van der Waals surface area contributed by atoms with E-state index in [0.29, 0.717) is 18.8 Å². The molecule has 0 aliphatic heterocycles. The van der Waals surface area contributed by atoms with Crippen molar-refractivity contribution in [2.24, 2.45) is 0 Å². The van der Waals surface area contributed by atoms with Crippen molar-refractivity contribution in [2.45, 2.75) is 12.8 Å². The second-order valence-corrected chi connectivity index (χ2v) is 5.35. The molecule has 3 rings (SSSR count). The highest BCUT2D eigenvalue weighted by Crippen LogP contribution is 2.25. The molecule has 4 nitrogen and oxygen atoms in total. The Hall–Kier alpha value is -2.75. The lowest BCUT2D eigenvalue weighted by atomic mass is 10.1. The van der Waals surface area contributed by atoms with E-state index in [0.717, 1.165) is 23.2 Å². The van der Waals surface area contributed by atoms with E-state index in [1.54, 1.807) is 7.05 Å². The van der Waals surface area contributed by atoms with Crippen molar-refractivity contribution in [3.63, 3.8) is 0 Å². The van der Waals surface area contributed by atoms with Gasteiger partial charge in [0.1, 0.15) is 17.1 Å². The van der Waals surface area contributed by atoms with E-state index in [4.69, 9.17) is 9.15 Å². The fraction of sp³-hybridized carbons (Fsp3) is 0.211. The highest BCUT2D eigenvalue weighted by Gasteiger charge is 2.07. The molecule has 2 aromatic carbocycles. The molecule has 1 heterocycles. The Morgan fingerprint density at radius 2 is 1.96 bits per heavy atom. The predicted molar refractivity (Wildman–Crippen MR) is 89.6 cm³/mol. The lowest BCUT2D eigenvalue weighted by Crippen LogP contribution is -2.20. The Kier molecular flexibility index (Phi) is 4.62. The minimum atomic E-state index is -0.0331. The molecule has 0 unspecified atom stereocenters.